The van der Waals surface area contributed by atoms with Crippen molar-refractivity contribution in [2.45, 2.75) is 49.9 Å². The predicted octanol–water partition coefficient (Wildman–Crippen LogP) is -3.21. The van der Waals surface area contributed by atoms with E-state index < -0.39 is 66.9 Å². The van der Waals surface area contributed by atoms with Crippen LogP contribution in [-0.4, -0.2) is 97.2 Å². The number of likely N-dealkylation sites (tertiary alicyclic amines) is 1. The van der Waals surface area contributed by atoms with E-state index in [4.69, 9.17) is 10.8 Å². The highest BCUT2D eigenvalue weighted by Crippen LogP contribution is 2.18. The van der Waals surface area contributed by atoms with Gasteiger partial charge in [0.2, 0.25) is 17.7 Å². The Labute approximate surface area is 182 Å². The molecular formula is C18H26N6O8. The topological polar surface area (TPSA) is 228 Å². The lowest BCUT2D eigenvalue weighted by atomic mass is 10.1. The standard InChI is InChI=1S/C18H26N6O8/c19-10(4-9-6-20-8-21-9)15(28)22-11(5-14(26)27)16(29)23-12(7-25)17(30)24-3-1-2-13(24)18(31)32/h6,8,10-13,25H,1-5,7,19H2,(H,20,21)(H,22,28)(H,23,29)(H,26,27)(H,31,32). The summed E-state index contributed by atoms with van der Waals surface area (Å²) < 4.78 is 0. The van der Waals surface area contributed by atoms with Gasteiger partial charge < -0.3 is 41.6 Å². The van der Waals surface area contributed by atoms with Crippen molar-refractivity contribution in [1.29, 1.82) is 0 Å². The fourth-order valence-electron chi connectivity index (χ4n) is 3.33. The monoisotopic (exact) mass is 454 g/mol. The molecule has 0 spiro atoms. The minimum absolute atomic E-state index is 0.0521. The minimum atomic E-state index is -1.58. The number of nitrogens with zero attached hydrogens (tertiary/aromatic N) is 2. The van der Waals surface area contributed by atoms with Gasteiger partial charge >= 0.3 is 11.9 Å². The Kier molecular flexibility index (Phi) is 8.66. The molecule has 0 aliphatic carbocycles. The van der Waals surface area contributed by atoms with E-state index in [1.807, 2.05) is 0 Å². The first-order valence-electron chi connectivity index (χ1n) is 9.83. The second-order valence-electron chi connectivity index (χ2n) is 7.32. The number of H-pyrrole nitrogens is 1. The Morgan fingerprint density at radius 2 is 1.88 bits per heavy atom. The second-order valence-corrected chi connectivity index (χ2v) is 7.32. The van der Waals surface area contributed by atoms with Gasteiger partial charge in [0, 0.05) is 24.9 Å². The van der Waals surface area contributed by atoms with Gasteiger partial charge in [-0.15, -0.1) is 0 Å². The number of aliphatic carboxylic acids is 2. The molecule has 1 saturated heterocycles. The van der Waals surface area contributed by atoms with Crippen LogP contribution in [0.25, 0.3) is 0 Å². The Balaban J connectivity index is 2.05. The Hall–Kier alpha value is -3.52. The second kappa shape index (κ2) is 11.2. The van der Waals surface area contributed by atoms with Crippen molar-refractivity contribution < 1.29 is 39.3 Å². The molecule has 0 aromatic carbocycles. The number of aliphatic hydroxyl groups excluding tert-OH is 1. The third kappa shape index (κ3) is 6.49. The lowest BCUT2D eigenvalue weighted by molar-refractivity contribution is -0.150. The zero-order valence-corrected chi connectivity index (χ0v) is 17.1. The van der Waals surface area contributed by atoms with Crippen LogP contribution in [0.3, 0.4) is 0 Å². The van der Waals surface area contributed by atoms with Crippen molar-refractivity contribution in [2.24, 2.45) is 5.73 Å². The molecule has 8 N–H and O–H groups in total. The van der Waals surface area contributed by atoms with Gasteiger partial charge in [0.15, 0.2) is 0 Å². The highest BCUT2D eigenvalue weighted by Gasteiger charge is 2.38. The van der Waals surface area contributed by atoms with Crippen molar-refractivity contribution >= 4 is 29.7 Å². The summed E-state index contributed by atoms with van der Waals surface area (Å²) in [6.07, 6.45) is 2.77. The summed E-state index contributed by atoms with van der Waals surface area (Å²) in [5.41, 5.74) is 6.35. The molecule has 3 amide bonds. The number of aromatic amines is 1. The van der Waals surface area contributed by atoms with E-state index >= 15 is 0 Å². The number of carboxylic acids is 2. The zero-order chi connectivity index (χ0) is 23.8. The van der Waals surface area contributed by atoms with Crippen LogP contribution in [0, 0.1) is 0 Å². The van der Waals surface area contributed by atoms with E-state index in [0.717, 1.165) is 4.90 Å². The number of carboxylic acid groups (broad SMARTS) is 2. The van der Waals surface area contributed by atoms with Crippen molar-refractivity contribution in [3.63, 3.8) is 0 Å². The van der Waals surface area contributed by atoms with Gasteiger partial charge in [0.25, 0.3) is 0 Å². The number of aliphatic hydroxyl groups is 1. The molecule has 1 aliphatic heterocycles. The molecule has 2 heterocycles. The molecule has 1 aromatic rings. The van der Waals surface area contributed by atoms with E-state index in [-0.39, 0.29) is 19.4 Å². The zero-order valence-electron chi connectivity index (χ0n) is 17.1. The van der Waals surface area contributed by atoms with Gasteiger partial charge in [-0.25, -0.2) is 9.78 Å². The molecule has 4 atom stereocenters. The molecule has 32 heavy (non-hydrogen) atoms. The third-order valence-electron chi connectivity index (χ3n) is 4.96. The number of aromatic nitrogens is 2. The van der Waals surface area contributed by atoms with Gasteiger partial charge in [-0.2, -0.15) is 0 Å². The number of carbonyl (C=O) groups is 5. The first-order valence-corrected chi connectivity index (χ1v) is 9.83. The molecule has 1 aliphatic rings. The van der Waals surface area contributed by atoms with Crippen molar-refractivity contribution in [3.8, 4) is 0 Å². The Morgan fingerprint density at radius 1 is 1.19 bits per heavy atom. The van der Waals surface area contributed by atoms with Crippen molar-refractivity contribution in [1.82, 2.24) is 25.5 Å². The summed E-state index contributed by atoms with van der Waals surface area (Å²) in [6, 6.07) is -5.28. The van der Waals surface area contributed by atoms with E-state index in [2.05, 4.69) is 20.6 Å². The summed E-state index contributed by atoms with van der Waals surface area (Å²) in [7, 11) is 0. The number of carbonyl (C=O) groups excluding carboxylic acids is 3. The number of rotatable bonds is 11. The number of hydrogen-bond donors (Lipinski definition) is 7. The molecule has 2 rings (SSSR count). The number of nitrogens with one attached hydrogen (secondary N) is 3. The van der Waals surface area contributed by atoms with Crippen LogP contribution in [0.15, 0.2) is 12.5 Å². The molecule has 176 valence electrons. The quantitative estimate of drug-likeness (QED) is 0.177. The van der Waals surface area contributed by atoms with Gasteiger partial charge in [0.1, 0.15) is 18.1 Å². The maximum atomic E-state index is 12.6. The van der Waals surface area contributed by atoms with E-state index in [1.165, 1.54) is 12.5 Å². The van der Waals surface area contributed by atoms with Crippen LogP contribution in [0.2, 0.25) is 0 Å². The number of amides is 3. The molecule has 0 bridgehead atoms. The van der Waals surface area contributed by atoms with E-state index in [0.29, 0.717) is 12.1 Å². The van der Waals surface area contributed by atoms with Gasteiger partial charge in [0.05, 0.1) is 25.4 Å². The Bertz CT molecular complexity index is 845. The average molecular weight is 454 g/mol. The van der Waals surface area contributed by atoms with E-state index in [9.17, 15) is 34.2 Å². The van der Waals surface area contributed by atoms with Crippen LogP contribution in [0.5, 0.6) is 0 Å². The summed E-state index contributed by atoms with van der Waals surface area (Å²) in [4.78, 5) is 67.7. The lowest BCUT2D eigenvalue weighted by Crippen LogP contribution is -2.58. The van der Waals surface area contributed by atoms with Gasteiger partial charge in [-0.1, -0.05) is 0 Å². The largest absolute Gasteiger partial charge is 0.481 e. The van der Waals surface area contributed by atoms with Crippen molar-refractivity contribution in [2.75, 3.05) is 13.2 Å². The van der Waals surface area contributed by atoms with Crippen LogP contribution in [0.1, 0.15) is 25.0 Å². The van der Waals surface area contributed by atoms with Gasteiger partial charge in [-0.05, 0) is 12.8 Å². The number of hydrogen-bond acceptors (Lipinski definition) is 8. The fourth-order valence-corrected chi connectivity index (χ4v) is 3.33. The third-order valence-corrected chi connectivity index (χ3v) is 4.96. The number of imidazole rings is 1. The van der Waals surface area contributed by atoms with Crippen LogP contribution in [-0.2, 0) is 30.4 Å². The normalized spacial score (nSPS) is 18.4. The lowest BCUT2D eigenvalue weighted by Gasteiger charge is -2.27. The maximum Gasteiger partial charge on any atom is 0.326 e. The molecule has 0 radical (unpaired) electrons. The molecular weight excluding hydrogens is 428 g/mol. The first kappa shape index (κ1) is 24.7. The molecule has 4 unspecified atom stereocenters. The van der Waals surface area contributed by atoms with Crippen LogP contribution < -0.4 is 16.4 Å². The fraction of sp³-hybridized carbons (Fsp3) is 0.556. The minimum Gasteiger partial charge on any atom is -0.481 e. The maximum absolute atomic E-state index is 12.6. The molecule has 14 heteroatoms. The summed E-state index contributed by atoms with van der Waals surface area (Å²) in [5, 5.41) is 32.3. The summed E-state index contributed by atoms with van der Waals surface area (Å²) >= 11 is 0. The Morgan fingerprint density at radius 3 is 2.44 bits per heavy atom. The van der Waals surface area contributed by atoms with Gasteiger partial charge in [-0.3, -0.25) is 19.2 Å². The summed E-state index contributed by atoms with van der Waals surface area (Å²) in [5.74, 6) is -5.26. The average Bonchev–Trinajstić information content (AvgIpc) is 3.42. The van der Waals surface area contributed by atoms with E-state index in [1.54, 1.807) is 0 Å². The van der Waals surface area contributed by atoms with Crippen LogP contribution in [0.4, 0.5) is 0 Å². The first-order chi connectivity index (χ1) is 15.1. The molecule has 0 saturated carbocycles. The predicted molar refractivity (Wildman–Crippen MR) is 106 cm³/mol. The molecule has 14 nitrogen and oxygen atoms in total. The summed E-state index contributed by atoms with van der Waals surface area (Å²) in [6.45, 7) is -0.708. The SMILES string of the molecule is NC(Cc1cnc[nH]1)C(=O)NC(CC(=O)O)C(=O)NC(CO)C(=O)N1CCCC1C(=O)O. The molecule has 1 aromatic heterocycles. The van der Waals surface area contributed by atoms with Crippen molar-refractivity contribution in [3.05, 3.63) is 18.2 Å². The number of nitrogens with two attached hydrogens (primary N) is 1. The smallest absolute Gasteiger partial charge is 0.326 e. The molecule has 1 fully saturated rings. The van der Waals surface area contributed by atoms with Crippen LogP contribution >= 0.6 is 0 Å². The highest BCUT2D eigenvalue weighted by atomic mass is 16.4. The highest BCUT2D eigenvalue weighted by molar-refractivity contribution is 5.95.